The topological polar surface area (TPSA) is 72.5 Å². The van der Waals surface area contributed by atoms with Crippen LogP contribution in [0.5, 0.6) is 5.75 Å². The number of hydrazine groups is 1. The molecule has 1 aromatic heterocycles. The van der Waals surface area contributed by atoms with E-state index in [0.717, 1.165) is 17.8 Å². The smallest absolute Gasteiger partial charge is 0.423 e. The van der Waals surface area contributed by atoms with Crippen molar-refractivity contribution in [2.45, 2.75) is 55.9 Å². The SMILES string of the molecule is COC1(c2ccc(F)cc2)CCC(Oc2ccnc(NNC(=O)C3CC3(F)F)c2C(F)(F)F)CC1. The van der Waals surface area contributed by atoms with Crippen LogP contribution < -0.4 is 15.6 Å². The molecule has 0 bridgehead atoms. The molecule has 190 valence electrons. The molecule has 1 heterocycles. The first-order valence-electron chi connectivity index (χ1n) is 10.9. The average molecular weight is 503 g/mol. The van der Waals surface area contributed by atoms with Crippen LogP contribution >= 0.6 is 0 Å². The second-order valence-corrected chi connectivity index (χ2v) is 8.68. The van der Waals surface area contributed by atoms with Crippen LogP contribution in [0.3, 0.4) is 0 Å². The number of nitrogens with zero attached hydrogens (tertiary/aromatic N) is 1. The summed E-state index contributed by atoms with van der Waals surface area (Å²) in [4.78, 5) is 15.4. The molecule has 1 aromatic carbocycles. The molecule has 1 unspecified atom stereocenters. The van der Waals surface area contributed by atoms with E-state index in [1.807, 2.05) is 10.9 Å². The van der Waals surface area contributed by atoms with E-state index >= 15 is 0 Å². The zero-order valence-electron chi connectivity index (χ0n) is 18.6. The molecule has 2 N–H and O–H groups in total. The van der Waals surface area contributed by atoms with Crippen molar-refractivity contribution in [2.75, 3.05) is 12.5 Å². The molecule has 1 atom stereocenters. The fourth-order valence-electron chi connectivity index (χ4n) is 4.34. The predicted molar refractivity (Wildman–Crippen MR) is 112 cm³/mol. The molecule has 2 aliphatic rings. The number of hydrogen-bond donors (Lipinski definition) is 2. The molecule has 2 fully saturated rings. The second kappa shape index (κ2) is 9.21. The van der Waals surface area contributed by atoms with Gasteiger partial charge in [0.2, 0.25) is 5.91 Å². The third kappa shape index (κ3) is 5.31. The van der Waals surface area contributed by atoms with Crippen LogP contribution in [0.4, 0.5) is 32.2 Å². The molecule has 4 rings (SSSR count). The average Bonchev–Trinajstić information content (AvgIpc) is 3.46. The van der Waals surface area contributed by atoms with E-state index in [1.165, 1.54) is 19.2 Å². The number of carbonyl (C=O) groups excluding carboxylic acids is 1. The predicted octanol–water partition coefficient (Wildman–Crippen LogP) is 5.20. The van der Waals surface area contributed by atoms with Gasteiger partial charge in [0.25, 0.3) is 5.92 Å². The first kappa shape index (κ1) is 25.1. The Morgan fingerprint density at radius 2 is 1.74 bits per heavy atom. The van der Waals surface area contributed by atoms with Gasteiger partial charge in [-0.05, 0) is 49.4 Å². The van der Waals surface area contributed by atoms with Crippen molar-refractivity contribution in [3.8, 4) is 5.75 Å². The molecule has 0 aliphatic heterocycles. The minimum atomic E-state index is -4.90. The van der Waals surface area contributed by atoms with Gasteiger partial charge in [-0.2, -0.15) is 13.2 Å². The number of rotatable bonds is 7. The normalized spacial score (nSPS) is 25.6. The Kier molecular flexibility index (Phi) is 6.60. The van der Waals surface area contributed by atoms with E-state index in [0.29, 0.717) is 25.7 Å². The molecular formula is C23H23F6N3O3. The third-order valence-electron chi connectivity index (χ3n) is 6.44. The number of nitrogens with one attached hydrogen (secondary N) is 2. The van der Waals surface area contributed by atoms with Crippen LogP contribution in [0, 0.1) is 11.7 Å². The molecule has 0 radical (unpaired) electrons. The summed E-state index contributed by atoms with van der Waals surface area (Å²) >= 11 is 0. The quantitative estimate of drug-likeness (QED) is 0.402. The molecule has 0 spiro atoms. The molecule has 35 heavy (non-hydrogen) atoms. The lowest BCUT2D eigenvalue weighted by Crippen LogP contribution is -2.37. The van der Waals surface area contributed by atoms with Crippen molar-refractivity contribution in [1.29, 1.82) is 0 Å². The maximum atomic E-state index is 13.9. The first-order chi connectivity index (χ1) is 16.4. The van der Waals surface area contributed by atoms with E-state index in [1.54, 1.807) is 12.1 Å². The van der Waals surface area contributed by atoms with Gasteiger partial charge in [0.1, 0.15) is 23.0 Å². The van der Waals surface area contributed by atoms with Gasteiger partial charge in [0.05, 0.1) is 11.7 Å². The van der Waals surface area contributed by atoms with Gasteiger partial charge in [-0.1, -0.05) is 12.1 Å². The van der Waals surface area contributed by atoms with Crippen LogP contribution in [-0.2, 0) is 21.3 Å². The zero-order chi connectivity index (χ0) is 25.4. The third-order valence-corrected chi connectivity index (χ3v) is 6.44. The monoisotopic (exact) mass is 503 g/mol. The van der Waals surface area contributed by atoms with Crippen LogP contribution in [-0.4, -0.2) is 30.0 Å². The molecule has 1 amide bonds. The lowest BCUT2D eigenvalue weighted by molar-refractivity contribution is -0.139. The summed E-state index contributed by atoms with van der Waals surface area (Å²) in [5.41, 5.74) is 2.68. The number of alkyl halides is 5. The molecule has 2 aromatic rings. The zero-order valence-corrected chi connectivity index (χ0v) is 18.6. The van der Waals surface area contributed by atoms with Crippen molar-refractivity contribution in [2.24, 2.45) is 5.92 Å². The Labute approximate surface area is 197 Å². The van der Waals surface area contributed by atoms with Gasteiger partial charge in [-0.25, -0.2) is 18.2 Å². The van der Waals surface area contributed by atoms with Gasteiger partial charge in [-0.15, -0.1) is 0 Å². The number of carbonyl (C=O) groups is 1. The summed E-state index contributed by atoms with van der Waals surface area (Å²) in [6.45, 7) is 0. The van der Waals surface area contributed by atoms with E-state index in [2.05, 4.69) is 4.98 Å². The van der Waals surface area contributed by atoms with Crippen molar-refractivity contribution < 1.29 is 40.6 Å². The minimum absolute atomic E-state index is 0.362. The van der Waals surface area contributed by atoms with Crippen LogP contribution in [0.2, 0.25) is 0 Å². The summed E-state index contributed by atoms with van der Waals surface area (Å²) in [5, 5.41) is 0. The highest BCUT2D eigenvalue weighted by Gasteiger charge is 2.61. The summed E-state index contributed by atoms with van der Waals surface area (Å²) in [6.07, 6.45) is -3.49. The highest BCUT2D eigenvalue weighted by molar-refractivity contribution is 5.83. The number of hydrogen-bond acceptors (Lipinski definition) is 5. The van der Waals surface area contributed by atoms with Crippen molar-refractivity contribution >= 4 is 11.7 Å². The van der Waals surface area contributed by atoms with Gasteiger partial charge in [0, 0.05) is 19.7 Å². The lowest BCUT2D eigenvalue weighted by Gasteiger charge is -2.39. The van der Waals surface area contributed by atoms with E-state index < -0.39 is 59.2 Å². The Morgan fingerprint density at radius 1 is 1.11 bits per heavy atom. The highest BCUT2D eigenvalue weighted by Crippen LogP contribution is 2.49. The van der Waals surface area contributed by atoms with Crippen LogP contribution in [0.15, 0.2) is 36.5 Å². The highest BCUT2D eigenvalue weighted by atomic mass is 19.4. The van der Waals surface area contributed by atoms with Crippen molar-refractivity contribution in [3.63, 3.8) is 0 Å². The summed E-state index contributed by atoms with van der Waals surface area (Å²) < 4.78 is 92.4. The van der Waals surface area contributed by atoms with Gasteiger partial charge in [-0.3, -0.25) is 15.6 Å². The fourth-order valence-corrected chi connectivity index (χ4v) is 4.34. The number of aromatic nitrogens is 1. The first-order valence-corrected chi connectivity index (χ1v) is 10.9. The second-order valence-electron chi connectivity index (χ2n) is 8.68. The number of ether oxygens (including phenoxy) is 2. The molecule has 6 nitrogen and oxygen atoms in total. The minimum Gasteiger partial charge on any atom is -0.490 e. The summed E-state index contributed by atoms with van der Waals surface area (Å²) in [7, 11) is 1.53. The van der Waals surface area contributed by atoms with Crippen LogP contribution in [0.1, 0.15) is 43.2 Å². The van der Waals surface area contributed by atoms with Crippen LogP contribution in [0.25, 0.3) is 0 Å². The number of benzene rings is 1. The lowest BCUT2D eigenvalue weighted by atomic mass is 9.78. The number of halogens is 6. The largest absolute Gasteiger partial charge is 0.490 e. The maximum absolute atomic E-state index is 13.9. The molecule has 12 heteroatoms. The molecule has 0 saturated heterocycles. The Morgan fingerprint density at radius 3 is 2.29 bits per heavy atom. The molecule has 2 saturated carbocycles. The number of amides is 1. The Balaban J connectivity index is 1.47. The Bertz CT molecular complexity index is 1070. The number of pyridine rings is 1. The maximum Gasteiger partial charge on any atom is 0.423 e. The summed E-state index contributed by atoms with van der Waals surface area (Å²) in [6, 6.07) is 6.94. The van der Waals surface area contributed by atoms with Crippen molar-refractivity contribution in [3.05, 3.63) is 53.5 Å². The summed E-state index contributed by atoms with van der Waals surface area (Å²) in [5.74, 6) is -7.53. The van der Waals surface area contributed by atoms with E-state index in [-0.39, 0.29) is 5.82 Å². The molecular weight excluding hydrogens is 480 g/mol. The van der Waals surface area contributed by atoms with Crippen molar-refractivity contribution in [1.82, 2.24) is 10.4 Å². The van der Waals surface area contributed by atoms with E-state index in [9.17, 15) is 31.1 Å². The van der Waals surface area contributed by atoms with E-state index in [4.69, 9.17) is 9.47 Å². The Hall–Kier alpha value is -3.02. The molecule has 2 aliphatic carbocycles. The fraction of sp³-hybridized carbons (Fsp3) is 0.478. The standard InChI is InChI=1S/C23H23F6N3O3/c1-34-21(13-2-4-14(24)5-3-13)9-6-15(7-10-21)35-17-8-11-30-19(18(17)23(27,28)29)31-32-20(33)16-12-22(16,25)26/h2-5,8,11,15-16H,6-7,9-10,12H2,1H3,(H,30,31)(H,32,33). The number of methoxy groups -OCH3 is 1. The number of anilines is 1. The van der Waals surface area contributed by atoms with Gasteiger partial charge >= 0.3 is 6.18 Å². The van der Waals surface area contributed by atoms with Gasteiger partial charge < -0.3 is 9.47 Å². The van der Waals surface area contributed by atoms with Gasteiger partial charge in [0.15, 0.2) is 5.82 Å².